The second kappa shape index (κ2) is 7.68. The van der Waals surface area contributed by atoms with Crippen molar-refractivity contribution in [1.82, 2.24) is 14.9 Å². The Balaban J connectivity index is 1.77. The van der Waals surface area contributed by atoms with E-state index in [1.165, 1.54) is 23.4 Å². The Kier molecular flexibility index (Phi) is 5.02. The van der Waals surface area contributed by atoms with Gasteiger partial charge < -0.3 is 4.57 Å². The number of rotatable bonds is 3. The molecule has 0 saturated carbocycles. The van der Waals surface area contributed by atoms with Crippen molar-refractivity contribution in [2.45, 2.75) is 27.7 Å². The third-order valence-electron chi connectivity index (χ3n) is 5.52. The predicted octanol–water partition coefficient (Wildman–Crippen LogP) is 3.77. The fourth-order valence-corrected chi connectivity index (χ4v) is 3.73. The molecule has 0 bridgehead atoms. The summed E-state index contributed by atoms with van der Waals surface area (Å²) in [7, 11) is 0. The summed E-state index contributed by atoms with van der Waals surface area (Å²) in [6.07, 6.45) is 4.48. The van der Waals surface area contributed by atoms with Crippen LogP contribution < -0.4 is 10.2 Å². The van der Waals surface area contributed by atoms with Crippen LogP contribution in [0.2, 0.25) is 0 Å². The Morgan fingerprint density at radius 2 is 1.71 bits per heavy atom. The summed E-state index contributed by atoms with van der Waals surface area (Å²) in [5, 5.41) is 2.24. The minimum absolute atomic E-state index is 0.108. The average molecular weight is 414 g/mol. The Morgan fingerprint density at radius 3 is 2.39 bits per heavy atom. The number of carbonyl (C=O) groups is 3. The SMILES string of the molecule is Cc1ccc(-n2c(C)cc(/C=C3\C(=O)NC(=O)N(c4cccnc4)C3=O)c2C)cc1C. The van der Waals surface area contributed by atoms with Gasteiger partial charge in [0.05, 0.1) is 11.9 Å². The van der Waals surface area contributed by atoms with E-state index in [1.54, 1.807) is 18.3 Å². The topological polar surface area (TPSA) is 84.3 Å². The fourth-order valence-electron chi connectivity index (χ4n) is 3.73. The number of benzene rings is 1. The van der Waals surface area contributed by atoms with Crippen LogP contribution in [0.25, 0.3) is 11.8 Å². The number of nitrogens with zero attached hydrogens (tertiary/aromatic N) is 3. The summed E-state index contributed by atoms with van der Waals surface area (Å²) < 4.78 is 2.08. The van der Waals surface area contributed by atoms with E-state index in [1.807, 2.05) is 26.0 Å². The van der Waals surface area contributed by atoms with Crippen LogP contribution in [-0.4, -0.2) is 27.4 Å². The molecule has 0 unspecified atom stereocenters. The number of anilines is 1. The molecule has 2 aromatic heterocycles. The minimum Gasteiger partial charge on any atom is -0.318 e. The fraction of sp³-hybridized carbons (Fsp3) is 0.167. The van der Waals surface area contributed by atoms with Crippen LogP contribution >= 0.6 is 0 Å². The van der Waals surface area contributed by atoms with Gasteiger partial charge in [0.25, 0.3) is 11.8 Å². The lowest BCUT2D eigenvalue weighted by atomic mass is 10.1. The van der Waals surface area contributed by atoms with E-state index < -0.39 is 17.8 Å². The Labute approximate surface area is 180 Å². The third kappa shape index (κ3) is 3.54. The number of pyridine rings is 1. The van der Waals surface area contributed by atoms with E-state index >= 15 is 0 Å². The molecule has 1 N–H and O–H groups in total. The zero-order chi connectivity index (χ0) is 22.3. The van der Waals surface area contributed by atoms with Crippen LogP contribution in [0.5, 0.6) is 0 Å². The molecule has 1 aliphatic heterocycles. The average Bonchev–Trinajstić information content (AvgIpc) is 3.01. The van der Waals surface area contributed by atoms with Crippen LogP contribution in [0.4, 0.5) is 10.5 Å². The quantitative estimate of drug-likeness (QED) is 0.522. The highest BCUT2D eigenvalue weighted by Gasteiger charge is 2.37. The van der Waals surface area contributed by atoms with Crippen LogP contribution in [0.3, 0.4) is 0 Å². The zero-order valence-electron chi connectivity index (χ0n) is 17.8. The summed E-state index contributed by atoms with van der Waals surface area (Å²) in [4.78, 5) is 42.7. The van der Waals surface area contributed by atoms with Gasteiger partial charge in [0.1, 0.15) is 5.57 Å². The molecule has 1 fully saturated rings. The maximum atomic E-state index is 13.0. The van der Waals surface area contributed by atoms with E-state index in [-0.39, 0.29) is 5.57 Å². The first-order valence-electron chi connectivity index (χ1n) is 9.86. The molecule has 7 nitrogen and oxygen atoms in total. The van der Waals surface area contributed by atoms with E-state index in [0.717, 1.165) is 27.5 Å². The Morgan fingerprint density at radius 1 is 0.935 bits per heavy atom. The first-order valence-corrected chi connectivity index (χ1v) is 9.86. The van der Waals surface area contributed by atoms with Crippen molar-refractivity contribution in [1.29, 1.82) is 0 Å². The smallest absolute Gasteiger partial charge is 0.318 e. The molecule has 1 aliphatic rings. The number of aryl methyl sites for hydroxylation is 3. The highest BCUT2D eigenvalue weighted by Crippen LogP contribution is 2.26. The van der Waals surface area contributed by atoms with Gasteiger partial charge in [-0.1, -0.05) is 6.07 Å². The van der Waals surface area contributed by atoms with E-state index in [9.17, 15) is 14.4 Å². The lowest BCUT2D eigenvalue weighted by Crippen LogP contribution is -2.54. The molecule has 3 aromatic rings. The normalized spacial score (nSPS) is 15.5. The molecule has 156 valence electrons. The lowest BCUT2D eigenvalue weighted by molar-refractivity contribution is -0.122. The molecule has 1 aromatic carbocycles. The highest BCUT2D eigenvalue weighted by atomic mass is 16.2. The van der Waals surface area contributed by atoms with Gasteiger partial charge in [0.15, 0.2) is 0 Å². The van der Waals surface area contributed by atoms with Gasteiger partial charge in [-0.15, -0.1) is 0 Å². The van der Waals surface area contributed by atoms with Gasteiger partial charge in [0, 0.05) is 23.3 Å². The summed E-state index contributed by atoms with van der Waals surface area (Å²) in [5.41, 5.74) is 6.17. The van der Waals surface area contributed by atoms with Crippen LogP contribution in [0, 0.1) is 27.7 Å². The third-order valence-corrected chi connectivity index (χ3v) is 5.52. The zero-order valence-corrected chi connectivity index (χ0v) is 17.8. The lowest BCUT2D eigenvalue weighted by Gasteiger charge is -2.26. The maximum absolute atomic E-state index is 13.0. The number of barbiturate groups is 1. The van der Waals surface area contributed by atoms with Crippen molar-refractivity contribution >= 4 is 29.6 Å². The highest BCUT2D eigenvalue weighted by molar-refractivity contribution is 6.39. The van der Waals surface area contributed by atoms with E-state index in [0.29, 0.717) is 5.69 Å². The molecular formula is C24H22N4O3. The van der Waals surface area contributed by atoms with Crippen LogP contribution in [-0.2, 0) is 9.59 Å². The van der Waals surface area contributed by atoms with Gasteiger partial charge in [0.2, 0.25) is 0 Å². The van der Waals surface area contributed by atoms with E-state index in [2.05, 4.69) is 40.8 Å². The first-order chi connectivity index (χ1) is 14.8. The number of amides is 4. The van der Waals surface area contributed by atoms with Crippen molar-refractivity contribution in [2.75, 3.05) is 4.90 Å². The minimum atomic E-state index is -0.791. The largest absolute Gasteiger partial charge is 0.336 e. The standard InChI is InChI=1S/C24H22N4O3/c1-14-7-8-19(10-15(14)2)27-16(3)11-18(17(27)4)12-21-22(29)26-24(31)28(23(21)30)20-6-5-9-25-13-20/h5-13H,1-4H3,(H,26,29,31)/b21-12+. The summed E-state index contributed by atoms with van der Waals surface area (Å²) in [6.45, 7) is 8.03. The molecule has 0 atom stereocenters. The molecule has 4 amide bonds. The number of urea groups is 1. The van der Waals surface area contributed by atoms with Crippen molar-refractivity contribution < 1.29 is 14.4 Å². The summed E-state index contributed by atoms with van der Waals surface area (Å²) >= 11 is 0. The van der Waals surface area contributed by atoms with Gasteiger partial charge >= 0.3 is 6.03 Å². The molecule has 7 heteroatoms. The summed E-state index contributed by atoms with van der Waals surface area (Å²) in [5.74, 6) is -1.40. The molecule has 1 saturated heterocycles. The van der Waals surface area contributed by atoms with Gasteiger partial charge in [-0.2, -0.15) is 0 Å². The number of carbonyl (C=O) groups excluding carboxylic acids is 3. The molecule has 0 aliphatic carbocycles. The van der Waals surface area contributed by atoms with Crippen LogP contribution in [0.1, 0.15) is 28.1 Å². The molecule has 0 radical (unpaired) electrons. The number of hydrogen-bond acceptors (Lipinski definition) is 4. The molecule has 3 heterocycles. The van der Waals surface area contributed by atoms with Crippen molar-refractivity contribution in [3.8, 4) is 5.69 Å². The Hall–Kier alpha value is -4.00. The maximum Gasteiger partial charge on any atom is 0.336 e. The van der Waals surface area contributed by atoms with Gasteiger partial charge in [-0.3, -0.25) is 19.9 Å². The monoisotopic (exact) mass is 414 g/mol. The van der Waals surface area contributed by atoms with Crippen molar-refractivity contribution in [3.05, 3.63) is 82.4 Å². The van der Waals surface area contributed by atoms with Gasteiger partial charge in [-0.05, 0) is 80.8 Å². The van der Waals surface area contributed by atoms with Crippen molar-refractivity contribution in [3.63, 3.8) is 0 Å². The van der Waals surface area contributed by atoms with Crippen molar-refractivity contribution in [2.24, 2.45) is 0 Å². The molecule has 31 heavy (non-hydrogen) atoms. The van der Waals surface area contributed by atoms with Gasteiger partial charge in [-0.25, -0.2) is 9.69 Å². The summed E-state index contributed by atoms with van der Waals surface area (Å²) in [6, 6.07) is 10.5. The number of hydrogen-bond donors (Lipinski definition) is 1. The van der Waals surface area contributed by atoms with E-state index in [4.69, 9.17) is 0 Å². The number of nitrogens with one attached hydrogen (secondary N) is 1. The molecular weight excluding hydrogens is 392 g/mol. The number of aromatic nitrogens is 2. The first kappa shape index (κ1) is 20.3. The molecule has 4 rings (SSSR count). The number of imide groups is 2. The predicted molar refractivity (Wildman–Crippen MR) is 118 cm³/mol. The second-order valence-corrected chi connectivity index (χ2v) is 7.60. The van der Waals surface area contributed by atoms with Crippen LogP contribution in [0.15, 0.2) is 54.4 Å². The second-order valence-electron chi connectivity index (χ2n) is 7.60. The Bertz CT molecular complexity index is 1260. The molecule has 0 spiro atoms.